The molecule has 0 saturated heterocycles. The maximum Gasteiger partial charge on any atom is 0.328 e. The van der Waals surface area contributed by atoms with E-state index in [1.807, 2.05) is 38.1 Å². The highest BCUT2D eigenvalue weighted by Gasteiger charge is 2.26. The standard InChI is InChI=1S/C14H19NO3/c1-4-11-8-6-7-9-13(11)15(10-16)12(5-2)14(17)18-3/h6-10,12H,4-5H2,1-3H3. The van der Waals surface area contributed by atoms with Gasteiger partial charge in [0.2, 0.25) is 6.41 Å². The van der Waals surface area contributed by atoms with Crippen molar-refractivity contribution in [3.8, 4) is 0 Å². The quantitative estimate of drug-likeness (QED) is 0.573. The van der Waals surface area contributed by atoms with Gasteiger partial charge in [0.25, 0.3) is 0 Å². The zero-order valence-electron chi connectivity index (χ0n) is 11.1. The Morgan fingerprint density at radius 1 is 1.39 bits per heavy atom. The monoisotopic (exact) mass is 249 g/mol. The van der Waals surface area contributed by atoms with Crippen molar-refractivity contribution in [3.05, 3.63) is 29.8 Å². The van der Waals surface area contributed by atoms with Gasteiger partial charge in [-0.25, -0.2) is 4.79 Å². The average Bonchev–Trinajstić information content (AvgIpc) is 2.43. The summed E-state index contributed by atoms with van der Waals surface area (Å²) in [5.74, 6) is -0.393. The number of amides is 1. The SMILES string of the molecule is CCc1ccccc1N(C=O)C(CC)C(=O)OC. The number of para-hydroxylation sites is 1. The fraction of sp³-hybridized carbons (Fsp3) is 0.429. The Bertz CT molecular complexity index is 417. The van der Waals surface area contributed by atoms with E-state index in [0.29, 0.717) is 12.8 Å². The molecule has 1 aromatic rings. The topological polar surface area (TPSA) is 46.6 Å². The molecular formula is C14H19NO3. The minimum absolute atomic E-state index is 0.393. The molecule has 0 bridgehead atoms. The summed E-state index contributed by atoms with van der Waals surface area (Å²) in [6, 6.07) is 7.01. The molecule has 0 radical (unpaired) electrons. The Labute approximate surface area is 108 Å². The molecule has 0 N–H and O–H groups in total. The second-order valence-corrected chi connectivity index (χ2v) is 3.94. The van der Waals surface area contributed by atoms with Gasteiger partial charge in [-0.1, -0.05) is 32.0 Å². The van der Waals surface area contributed by atoms with Crippen LogP contribution in [0, 0.1) is 0 Å². The zero-order chi connectivity index (χ0) is 13.5. The molecule has 4 heteroatoms. The van der Waals surface area contributed by atoms with Crippen LogP contribution in [0.2, 0.25) is 0 Å². The first kappa shape index (κ1) is 14.2. The lowest BCUT2D eigenvalue weighted by Crippen LogP contribution is -2.41. The number of hydrogen-bond acceptors (Lipinski definition) is 3. The molecule has 1 rings (SSSR count). The first-order chi connectivity index (χ1) is 8.69. The lowest BCUT2D eigenvalue weighted by molar-refractivity contribution is -0.143. The van der Waals surface area contributed by atoms with Gasteiger partial charge < -0.3 is 9.64 Å². The summed E-state index contributed by atoms with van der Waals surface area (Å²) in [4.78, 5) is 24.5. The number of nitrogens with zero attached hydrogens (tertiary/aromatic N) is 1. The normalized spacial score (nSPS) is 11.7. The van der Waals surface area contributed by atoms with Crippen LogP contribution in [0.5, 0.6) is 0 Å². The van der Waals surface area contributed by atoms with Crippen LogP contribution in [-0.2, 0) is 20.7 Å². The molecule has 0 aliphatic rings. The van der Waals surface area contributed by atoms with E-state index in [-0.39, 0.29) is 0 Å². The lowest BCUT2D eigenvalue weighted by atomic mass is 10.1. The van der Waals surface area contributed by atoms with Gasteiger partial charge in [0.15, 0.2) is 0 Å². The number of esters is 1. The Hall–Kier alpha value is -1.84. The van der Waals surface area contributed by atoms with Crippen molar-refractivity contribution < 1.29 is 14.3 Å². The number of benzene rings is 1. The summed E-state index contributed by atoms with van der Waals surface area (Å²) in [7, 11) is 1.33. The number of hydrogen-bond donors (Lipinski definition) is 0. The molecule has 4 nitrogen and oxygen atoms in total. The molecule has 18 heavy (non-hydrogen) atoms. The minimum atomic E-state index is -0.569. The molecule has 1 atom stereocenters. The molecule has 0 fully saturated rings. The van der Waals surface area contributed by atoms with E-state index in [0.717, 1.165) is 17.7 Å². The highest BCUT2D eigenvalue weighted by atomic mass is 16.5. The molecule has 0 saturated carbocycles. The van der Waals surface area contributed by atoms with Gasteiger partial charge in [0, 0.05) is 5.69 Å². The Balaban J connectivity index is 3.15. The van der Waals surface area contributed by atoms with E-state index in [4.69, 9.17) is 4.74 Å². The van der Waals surface area contributed by atoms with Crippen LogP contribution in [0.1, 0.15) is 25.8 Å². The molecule has 0 spiro atoms. The van der Waals surface area contributed by atoms with E-state index < -0.39 is 12.0 Å². The molecule has 1 amide bonds. The van der Waals surface area contributed by atoms with Crippen molar-refractivity contribution in [2.24, 2.45) is 0 Å². The van der Waals surface area contributed by atoms with Crippen LogP contribution < -0.4 is 4.90 Å². The Morgan fingerprint density at radius 3 is 2.56 bits per heavy atom. The highest BCUT2D eigenvalue weighted by molar-refractivity contribution is 5.89. The summed E-state index contributed by atoms with van der Waals surface area (Å²) < 4.78 is 4.74. The van der Waals surface area contributed by atoms with E-state index in [1.165, 1.54) is 12.0 Å². The average molecular weight is 249 g/mol. The van der Waals surface area contributed by atoms with Gasteiger partial charge in [0.1, 0.15) is 6.04 Å². The van der Waals surface area contributed by atoms with E-state index >= 15 is 0 Å². The number of ether oxygens (including phenoxy) is 1. The van der Waals surface area contributed by atoms with Crippen molar-refractivity contribution in [1.82, 2.24) is 0 Å². The first-order valence-corrected chi connectivity index (χ1v) is 6.08. The van der Waals surface area contributed by atoms with Gasteiger partial charge >= 0.3 is 5.97 Å². The maximum absolute atomic E-state index is 11.7. The minimum Gasteiger partial charge on any atom is -0.467 e. The summed E-state index contributed by atoms with van der Waals surface area (Å²) in [5.41, 5.74) is 1.80. The van der Waals surface area contributed by atoms with Crippen molar-refractivity contribution >= 4 is 18.1 Å². The van der Waals surface area contributed by atoms with E-state index in [2.05, 4.69) is 0 Å². The maximum atomic E-state index is 11.7. The molecular weight excluding hydrogens is 230 g/mol. The van der Waals surface area contributed by atoms with Gasteiger partial charge in [-0.3, -0.25) is 4.79 Å². The molecule has 0 aliphatic carbocycles. The fourth-order valence-corrected chi connectivity index (χ4v) is 1.97. The molecule has 0 aliphatic heterocycles. The van der Waals surface area contributed by atoms with Crippen LogP contribution in [0.15, 0.2) is 24.3 Å². The molecule has 1 unspecified atom stereocenters. The van der Waals surface area contributed by atoms with Crippen molar-refractivity contribution in [1.29, 1.82) is 0 Å². The number of anilines is 1. The number of aryl methyl sites for hydroxylation is 1. The van der Waals surface area contributed by atoms with Gasteiger partial charge in [-0.05, 0) is 24.5 Å². The van der Waals surface area contributed by atoms with Crippen LogP contribution in [0.4, 0.5) is 5.69 Å². The smallest absolute Gasteiger partial charge is 0.328 e. The first-order valence-electron chi connectivity index (χ1n) is 6.08. The van der Waals surface area contributed by atoms with Crippen molar-refractivity contribution in [2.45, 2.75) is 32.7 Å². The van der Waals surface area contributed by atoms with Crippen LogP contribution >= 0.6 is 0 Å². The largest absolute Gasteiger partial charge is 0.467 e. The highest BCUT2D eigenvalue weighted by Crippen LogP contribution is 2.23. The van der Waals surface area contributed by atoms with Gasteiger partial charge in [-0.2, -0.15) is 0 Å². The number of carbonyl (C=O) groups is 2. The zero-order valence-corrected chi connectivity index (χ0v) is 11.1. The van der Waals surface area contributed by atoms with Gasteiger partial charge in [-0.15, -0.1) is 0 Å². The predicted molar refractivity (Wildman–Crippen MR) is 70.5 cm³/mol. The summed E-state index contributed by atoms with van der Waals surface area (Å²) in [5, 5.41) is 0. The van der Waals surface area contributed by atoms with E-state index in [9.17, 15) is 9.59 Å². The molecule has 1 aromatic carbocycles. The van der Waals surface area contributed by atoms with E-state index in [1.54, 1.807) is 0 Å². The third kappa shape index (κ3) is 2.88. The van der Waals surface area contributed by atoms with Crippen LogP contribution in [-0.4, -0.2) is 25.5 Å². The lowest BCUT2D eigenvalue weighted by Gasteiger charge is -2.27. The molecule has 98 valence electrons. The summed E-state index contributed by atoms with van der Waals surface area (Å²) in [6.07, 6.45) is 2.02. The predicted octanol–water partition coefficient (Wildman–Crippen LogP) is 2.16. The number of rotatable bonds is 6. The van der Waals surface area contributed by atoms with Crippen molar-refractivity contribution in [3.63, 3.8) is 0 Å². The van der Waals surface area contributed by atoms with Crippen LogP contribution in [0.3, 0.4) is 0 Å². The third-order valence-electron chi connectivity index (χ3n) is 2.96. The molecule has 0 aromatic heterocycles. The molecule has 0 heterocycles. The number of methoxy groups -OCH3 is 1. The van der Waals surface area contributed by atoms with Gasteiger partial charge in [0.05, 0.1) is 7.11 Å². The van der Waals surface area contributed by atoms with Crippen LogP contribution in [0.25, 0.3) is 0 Å². The summed E-state index contributed by atoms with van der Waals surface area (Å²) >= 11 is 0. The second kappa shape index (κ2) is 6.79. The number of carbonyl (C=O) groups excluding carboxylic acids is 2. The second-order valence-electron chi connectivity index (χ2n) is 3.94. The Kier molecular flexibility index (Phi) is 5.36. The Morgan fingerprint density at radius 2 is 2.06 bits per heavy atom. The van der Waals surface area contributed by atoms with Crippen molar-refractivity contribution in [2.75, 3.05) is 12.0 Å². The summed E-state index contributed by atoms with van der Waals surface area (Å²) in [6.45, 7) is 3.87. The third-order valence-corrected chi connectivity index (χ3v) is 2.96. The fourth-order valence-electron chi connectivity index (χ4n) is 1.97.